The summed E-state index contributed by atoms with van der Waals surface area (Å²) < 4.78 is 1.65. The Kier molecular flexibility index (Phi) is 3.43. The zero-order chi connectivity index (χ0) is 13.3. The second-order valence-electron chi connectivity index (χ2n) is 5.29. The highest BCUT2D eigenvalue weighted by Gasteiger charge is 2.30. The summed E-state index contributed by atoms with van der Waals surface area (Å²) in [6, 6.07) is 1.86. The molecule has 1 aromatic heterocycles. The van der Waals surface area contributed by atoms with Crippen LogP contribution in [0.3, 0.4) is 0 Å². The molecule has 1 fully saturated rings. The molecule has 1 aromatic rings. The molecule has 0 spiro atoms. The van der Waals surface area contributed by atoms with Crippen LogP contribution < -0.4 is 0 Å². The first-order valence-corrected chi connectivity index (χ1v) is 6.47. The SMILES string of the molecule is CCc1cc(C(=O)N2CCC(C)(O)CC2)n(C)n1. The van der Waals surface area contributed by atoms with Gasteiger partial charge in [0.25, 0.3) is 5.91 Å². The topological polar surface area (TPSA) is 58.4 Å². The molecule has 1 aliphatic heterocycles. The smallest absolute Gasteiger partial charge is 0.272 e. The second-order valence-corrected chi connectivity index (χ2v) is 5.29. The molecule has 0 atom stereocenters. The first-order chi connectivity index (χ1) is 8.43. The fraction of sp³-hybridized carbons (Fsp3) is 0.692. The molecule has 100 valence electrons. The summed E-state index contributed by atoms with van der Waals surface area (Å²) in [4.78, 5) is 14.1. The number of nitrogens with zero attached hydrogens (tertiary/aromatic N) is 3. The number of carbonyl (C=O) groups excluding carboxylic acids is 1. The number of hydrogen-bond acceptors (Lipinski definition) is 3. The van der Waals surface area contributed by atoms with Crippen LogP contribution in [0, 0.1) is 0 Å². The van der Waals surface area contributed by atoms with Crippen molar-refractivity contribution in [2.75, 3.05) is 13.1 Å². The van der Waals surface area contributed by atoms with Crippen LogP contribution >= 0.6 is 0 Å². The molecule has 0 saturated carbocycles. The van der Waals surface area contributed by atoms with E-state index in [-0.39, 0.29) is 5.91 Å². The van der Waals surface area contributed by atoms with Gasteiger partial charge in [0, 0.05) is 20.1 Å². The molecule has 1 amide bonds. The molecule has 2 heterocycles. The largest absolute Gasteiger partial charge is 0.390 e. The Hall–Kier alpha value is -1.36. The molecule has 2 rings (SSSR count). The Morgan fingerprint density at radius 2 is 2.11 bits per heavy atom. The molecule has 18 heavy (non-hydrogen) atoms. The molecule has 0 unspecified atom stereocenters. The van der Waals surface area contributed by atoms with Crippen molar-refractivity contribution in [3.05, 3.63) is 17.5 Å². The third-order valence-corrected chi connectivity index (χ3v) is 3.64. The van der Waals surface area contributed by atoms with Gasteiger partial charge in [0.2, 0.25) is 0 Å². The fourth-order valence-electron chi connectivity index (χ4n) is 2.25. The second kappa shape index (κ2) is 4.72. The van der Waals surface area contributed by atoms with Gasteiger partial charge >= 0.3 is 0 Å². The zero-order valence-corrected chi connectivity index (χ0v) is 11.3. The number of hydrogen-bond donors (Lipinski definition) is 1. The van der Waals surface area contributed by atoms with Crippen molar-refractivity contribution in [2.45, 2.75) is 38.7 Å². The van der Waals surface area contributed by atoms with E-state index in [9.17, 15) is 9.90 Å². The highest BCUT2D eigenvalue weighted by atomic mass is 16.3. The van der Waals surface area contributed by atoms with E-state index >= 15 is 0 Å². The summed E-state index contributed by atoms with van der Waals surface area (Å²) in [6.45, 7) is 5.07. The maximum atomic E-state index is 12.3. The predicted molar refractivity (Wildman–Crippen MR) is 68.3 cm³/mol. The Morgan fingerprint density at radius 1 is 1.50 bits per heavy atom. The average molecular weight is 251 g/mol. The monoisotopic (exact) mass is 251 g/mol. The Balaban J connectivity index is 2.10. The van der Waals surface area contributed by atoms with Crippen molar-refractivity contribution in [1.29, 1.82) is 0 Å². The highest BCUT2D eigenvalue weighted by molar-refractivity contribution is 5.92. The summed E-state index contributed by atoms with van der Waals surface area (Å²) in [6.07, 6.45) is 2.10. The average Bonchev–Trinajstić information content (AvgIpc) is 2.70. The van der Waals surface area contributed by atoms with Crippen LogP contribution in [0.2, 0.25) is 0 Å². The molecule has 1 N–H and O–H groups in total. The van der Waals surface area contributed by atoms with Gasteiger partial charge in [-0.15, -0.1) is 0 Å². The lowest BCUT2D eigenvalue weighted by Crippen LogP contribution is -2.45. The number of piperidine rings is 1. The van der Waals surface area contributed by atoms with E-state index in [0.29, 0.717) is 31.6 Å². The van der Waals surface area contributed by atoms with Gasteiger partial charge in [-0.3, -0.25) is 9.48 Å². The van der Waals surface area contributed by atoms with E-state index in [4.69, 9.17) is 0 Å². The van der Waals surface area contributed by atoms with E-state index in [2.05, 4.69) is 5.10 Å². The number of aryl methyl sites for hydroxylation is 2. The molecule has 0 aromatic carbocycles. The predicted octanol–water partition coefficient (Wildman–Crippen LogP) is 0.970. The van der Waals surface area contributed by atoms with Gasteiger partial charge < -0.3 is 10.0 Å². The molecule has 0 radical (unpaired) electrons. The van der Waals surface area contributed by atoms with Gasteiger partial charge in [-0.05, 0) is 32.3 Å². The van der Waals surface area contributed by atoms with Crippen molar-refractivity contribution in [3.63, 3.8) is 0 Å². The first-order valence-electron chi connectivity index (χ1n) is 6.47. The Bertz CT molecular complexity index is 441. The van der Waals surface area contributed by atoms with Crippen LogP contribution in [0.15, 0.2) is 6.07 Å². The van der Waals surface area contributed by atoms with Gasteiger partial charge in [0.05, 0.1) is 11.3 Å². The van der Waals surface area contributed by atoms with Gasteiger partial charge in [-0.25, -0.2) is 0 Å². The molecular weight excluding hydrogens is 230 g/mol. The molecule has 5 heteroatoms. The molecular formula is C13H21N3O2. The van der Waals surface area contributed by atoms with E-state index in [0.717, 1.165) is 12.1 Å². The maximum Gasteiger partial charge on any atom is 0.272 e. The van der Waals surface area contributed by atoms with Crippen LogP contribution in [-0.2, 0) is 13.5 Å². The first kappa shape index (κ1) is 13.1. The van der Waals surface area contributed by atoms with Crippen LogP contribution in [-0.4, -0.2) is 44.4 Å². The van der Waals surface area contributed by atoms with E-state index in [1.54, 1.807) is 16.6 Å². The minimum atomic E-state index is -0.627. The standard InChI is InChI=1S/C13H21N3O2/c1-4-10-9-11(15(3)14-10)12(17)16-7-5-13(2,18)6-8-16/h9,18H,4-8H2,1-3H3. The molecule has 1 aliphatic rings. The van der Waals surface area contributed by atoms with E-state index in [1.807, 2.05) is 19.9 Å². The van der Waals surface area contributed by atoms with Gasteiger partial charge in [-0.2, -0.15) is 5.10 Å². The number of amides is 1. The van der Waals surface area contributed by atoms with Crippen LogP contribution in [0.25, 0.3) is 0 Å². The number of aliphatic hydroxyl groups is 1. The van der Waals surface area contributed by atoms with Gasteiger partial charge in [0.15, 0.2) is 0 Å². The molecule has 0 aliphatic carbocycles. The van der Waals surface area contributed by atoms with Crippen LogP contribution in [0.1, 0.15) is 42.9 Å². The van der Waals surface area contributed by atoms with Crippen molar-refractivity contribution in [1.82, 2.24) is 14.7 Å². The summed E-state index contributed by atoms with van der Waals surface area (Å²) in [5.41, 5.74) is 0.941. The third kappa shape index (κ3) is 2.56. The van der Waals surface area contributed by atoms with Gasteiger partial charge in [0.1, 0.15) is 5.69 Å². The van der Waals surface area contributed by atoms with E-state index in [1.165, 1.54) is 0 Å². The lowest BCUT2D eigenvalue weighted by molar-refractivity contribution is -0.00231. The number of carbonyl (C=O) groups is 1. The normalized spacial score (nSPS) is 19.0. The molecule has 5 nitrogen and oxygen atoms in total. The fourth-order valence-corrected chi connectivity index (χ4v) is 2.25. The third-order valence-electron chi connectivity index (χ3n) is 3.64. The van der Waals surface area contributed by atoms with Crippen LogP contribution in [0.5, 0.6) is 0 Å². The summed E-state index contributed by atoms with van der Waals surface area (Å²) in [5, 5.41) is 14.2. The molecule has 1 saturated heterocycles. The summed E-state index contributed by atoms with van der Waals surface area (Å²) in [5.74, 6) is 0.0141. The summed E-state index contributed by atoms with van der Waals surface area (Å²) in [7, 11) is 1.80. The number of rotatable bonds is 2. The zero-order valence-electron chi connectivity index (χ0n) is 11.3. The van der Waals surface area contributed by atoms with Crippen molar-refractivity contribution in [3.8, 4) is 0 Å². The van der Waals surface area contributed by atoms with Crippen molar-refractivity contribution < 1.29 is 9.90 Å². The molecule has 0 bridgehead atoms. The Labute approximate surface area is 107 Å². The maximum absolute atomic E-state index is 12.3. The van der Waals surface area contributed by atoms with Gasteiger partial charge in [-0.1, -0.05) is 6.92 Å². The highest BCUT2D eigenvalue weighted by Crippen LogP contribution is 2.22. The number of aromatic nitrogens is 2. The van der Waals surface area contributed by atoms with Crippen molar-refractivity contribution in [2.24, 2.45) is 7.05 Å². The lowest BCUT2D eigenvalue weighted by Gasteiger charge is -2.35. The quantitative estimate of drug-likeness (QED) is 0.852. The minimum absolute atomic E-state index is 0.0141. The van der Waals surface area contributed by atoms with E-state index < -0.39 is 5.60 Å². The number of likely N-dealkylation sites (tertiary alicyclic amines) is 1. The van der Waals surface area contributed by atoms with Crippen LogP contribution in [0.4, 0.5) is 0 Å². The Morgan fingerprint density at radius 3 is 2.61 bits per heavy atom. The minimum Gasteiger partial charge on any atom is -0.390 e. The van der Waals surface area contributed by atoms with Crippen molar-refractivity contribution >= 4 is 5.91 Å². The summed E-state index contributed by atoms with van der Waals surface area (Å²) >= 11 is 0. The lowest BCUT2D eigenvalue weighted by atomic mass is 9.94.